The number of nitrogens with zero attached hydrogens (tertiary/aromatic N) is 3. The van der Waals surface area contributed by atoms with Gasteiger partial charge >= 0.3 is 0 Å². The first-order chi connectivity index (χ1) is 12.2. The summed E-state index contributed by atoms with van der Waals surface area (Å²) in [6.07, 6.45) is 1.97. The largest absolute Gasteiger partial charge is 0.486 e. The maximum atomic E-state index is 13.2. The lowest BCUT2D eigenvalue weighted by atomic mass is 9.96. The van der Waals surface area contributed by atoms with Crippen LogP contribution in [0.3, 0.4) is 0 Å². The Balaban J connectivity index is 1.65. The summed E-state index contributed by atoms with van der Waals surface area (Å²) < 4.78 is 18.4. The van der Waals surface area contributed by atoms with Crippen LogP contribution in [-0.2, 0) is 18.3 Å². The number of aryl methyl sites for hydroxylation is 1. The quantitative estimate of drug-likeness (QED) is 0.846. The highest BCUT2D eigenvalue weighted by Crippen LogP contribution is 2.36. The van der Waals surface area contributed by atoms with Crippen LogP contribution in [0.5, 0.6) is 11.5 Å². The van der Waals surface area contributed by atoms with Crippen molar-refractivity contribution in [3.8, 4) is 11.5 Å². The molecule has 0 saturated heterocycles. The van der Waals surface area contributed by atoms with Gasteiger partial charge in [-0.1, -0.05) is 6.07 Å². The molecular weight excluding hydrogens is 322 g/mol. The fourth-order valence-electron chi connectivity index (χ4n) is 3.54. The van der Waals surface area contributed by atoms with Crippen LogP contribution in [0.15, 0.2) is 24.4 Å². The van der Waals surface area contributed by atoms with Gasteiger partial charge in [-0.15, -0.1) is 0 Å². The highest BCUT2D eigenvalue weighted by atomic mass is 16.6. The highest BCUT2D eigenvalue weighted by Gasteiger charge is 2.33. The van der Waals surface area contributed by atoms with Crippen molar-refractivity contribution in [2.45, 2.75) is 12.5 Å². The SMILES string of the molecule is COC[C@@H]1CN(C(=O)c2cccc3c2OCCO3)Cc2cn(C)nc21. The van der Waals surface area contributed by atoms with Crippen molar-refractivity contribution < 1.29 is 19.0 Å². The molecule has 0 saturated carbocycles. The van der Waals surface area contributed by atoms with Crippen molar-refractivity contribution in [2.24, 2.45) is 7.05 Å². The van der Waals surface area contributed by atoms with Crippen molar-refractivity contribution in [1.29, 1.82) is 0 Å². The summed E-state index contributed by atoms with van der Waals surface area (Å²) in [5.74, 6) is 1.18. The first-order valence-electron chi connectivity index (χ1n) is 8.36. The van der Waals surface area contributed by atoms with E-state index in [-0.39, 0.29) is 11.8 Å². The zero-order valence-electron chi connectivity index (χ0n) is 14.4. The van der Waals surface area contributed by atoms with Gasteiger partial charge < -0.3 is 19.1 Å². The summed E-state index contributed by atoms with van der Waals surface area (Å²) in [5.41, 5.74) is 2.62. The molecule has 1 atom stereocenters. The molecule has 2 aromatic rings. The van der Waals surface area contributed by atoms with Crippen molar-refractivity contribution >= 4 is 5.91 Å². The molecule has 0 N–H and O–H groups in total. The third kappa shape index (κ3) is 2.84. The molecule has 25 heavy (non-hydrogen) atoms. The Morgan fingerprint density at radius 3 is 3.04 bits per heavy atom. The van der Waals surface area contributed by atoms with E-state index in [2.05, 4.69) is 5.10 Å². The molecule has 0 radical (unpaired) electrons. The molecule has 1 aromatic carbocycles. The van der Waals surface area contributed by atoms with E-state index in [0.717, 1.165) is 11.3 Å². The van der Waals surface area contributed by atoms with Crippen molar-refractivity contribution in [3.63, 3.8) is 0 Å². The third-order valence-electron chi connectivity index (χ3n) is 4.58. The minimum atomic E-state index is -0.0574. The average molecular weight is 343 g/mol. The van der Waals surface area contributed by atoms with Crippen molar-refractivity contribution in [1.82, 2.24) is 14.7 Å². The molecular formula is C18H21N3O4. The lowest BCUT2D eigenvalue weighted by Crippen LogP contribution is -2.39. The smallest absolute Gasteiger partial charge is 0.258 e. The number of carbonyl (C=O) groups excluding carboxylic acids is 1. The second-order valence-electron chi connectivity index (χ2n) is 6.38. The number of para-hydroxylation sites is 1. The number of ether oxygens (including phenoxy) is 3. The fourth-order valence-corrected chi connectivity index (χ4v) is 3.54. The Kier molecular flexibility index (Phi) is 4.09. The van der Waals surface area contributed by atoms with E-state index in [1.165, 1.54) is 0 Å². The Labute approximate surface area is 146 Å². The Bertz CT molecular complexity index is 802. The number of hydrogen-bond donors (Lipinski definition) is 0. The predicted octanol–water partition coefficient (Wildman–Crippen LogP) is 1.58. The molecule has 0 spiro atoms. The number of methoxy groups -OCH3 is 1. The van der Waals surface area contributed by atoms with Crippen LogP contribution in [0.1, 0.15) is 27.5 Å². The number of amides is 1. The van der Waals surface area contributed by atoms with Gasteiger partial charge in [0.1, 0.15) is 13.2 Å². The summed E-state index contributed by atoms with van der Waals surface area (Å²) >= 11 is 0. The lowest BCUT2D eigenvalue weighted by molar-refractivity contribution is 0.0669. The number of fused-ring (bicyclic) bond motifs is 2. The molecule has 0 unspecified atom stereocenters. The summed E-state index contributed by atoms with van der Waals surface area (Å²) in [4.78, 5) is 15.0. The van der Waals surface area contributed by atoms with Gasteiger partial charge in [0.05, 0.1) is 17.9 Å². The van der Waals surface area contributed by atoms with E-state index in [1.54, 1.807) is 17.9 Å². The number of benzene rings is 1. The molecule has 0 bridgehead atoms. The van der Waals surface area contributed by atoms with E-state index >= 15 is 0 Å². The summed E-state index contributed by atoms with van der Waals surface area (Å²) in [6.45, 7) is 2.59. The van der Waals surface area contributed by atoms with Gasteiger partial charge in [0, 0.05) is 44.9 Å². The minimum Gasteiger partial charge on any atom is -0.486 e. The number of carbonyl (C=O) groups is 1. The van der Waals surface area contributed by atoms with Gasteiger partial charge in [-0.05, 0) is 12.1 Å². The standard InChI is InChI=1S/C18H21N3O4/c1-20-8-12-9-21(10-13(11-23-2)16(12)19-20)18(22)14-4-3-5-15-17(14)25-7-6-24-15/h3-5,8,13H,6-7,9-11H2,1-2H3/t13-/m0/s1. The topological polar surface area (TPSA) is 65.8 Å². The van der Waals surface area contributed by atoms with Crippen LogP contribution in [0.25, 0.3) is 0 Å². The van der Waals surface area contributed by atoms with Gasteiger partial charge in [-0.3, -0.25) is 9.48 Å². The minimum absolute atomic E-state index is 0.0574. The molecule has 132 valence electrons. The molecule has 1 amide bonds. The number of rotatable bonds is 3. The Morgan fingerprint density at radius 2 is 2.20 bits per heavy atom. The first kappa shape index (κ1) is 16.0. The summed E-state index contributed by atoms with van der Waals surface area (Å²) in [7, 11) is 3.56. The molecule has 0 fully saturated rings. The zero-order chi connectivity index (χ0) is 17.4. The third-order valence-corrected chi connectivity index (χ3v) is 4.58. The molecule has 2 aliphatic rings. The molecule has 7 heteroatoms. The normalized spacial score (nSPS) is 18.8. The summed E-state index contributed by atoms with van der Waals surface area (Å²) in [5, 5.41) is 4.54. The van der Waals surface area contributed by atoms with Crippen LogP contribution < -0.4 is 9.47 Å². The van der Waals surface area contributed by atoms with Crippen molar-refractivity contribution in [3.05, 3.63) is 41.2 Å². The van der Waals surface area contributed by atoms with Gasteiger partial charge in [-0.2, -0.15) is 5.10 Å². The van der Waals surface area contributed by atoms with Gasteiger partial charge in [-0.25, -0.2) is 0 Å². The maximum absolute atomic E-state index is 13.2. The summed E-state index contributed by atoms with van der Waals surface area (Å²) in [6, 6.07) is 5.45. The van der Waals surface area contributed by atoms with Gasteiger partial charge in [0.2, 0.25) is 0 Å². The van der Waals surface area contributed by atoms with Crippen LogP contribution in [0.4, 0.5) is 0 Å². The van der Waals surface area contributed by atoms with E-state index in [0.29, 0.717) is 50.0 Å². The molecule has 1 aromatic heterocycles. The molecule has 0 aliphatic carbocycles. The van der Waals surface area contributed by atoms with Gasteiger partial charge in [0.15, 0.2) is 11.5 Å². The monoisotopic (exact) mass is 343 g/mol. The second-order valence-corrected chi connectivity index (χ2v) is 6.38. The lowest BCUT2D eigenvalue weighted by Gasteiger charge is -2.32. The first-order valence-corrected chi connectivity index (χ1v) is 8.36. The van der Waals surface area contributed by atoms with Crippen LogP contribution >= 0.6 is 0 Å². The molecule has 7 nitrogen and oxygen atoms in total. The number of aromatic nitrogens is 2. The Morgan fingerprint density at radius 1 is 1.36 bits per heavy atom. The fraction of sp³-hybridized carbons (Fsp3) is 0.444. The number of hydrogen-bond acceptors (Lipinski definition) is 5. The van der Waals surface area contributed by atoms with Crippen LogP contribution in [0, 0.1) is 0 Å². The van der Waals surface area contributed by atoms with Crippen LogP contribution in [0.2, 0.25) is 0 Å². The second kappa shape index (κ2) is 6.40. The average Bonchev–Trinajstić information content (AvgIpc) is 3.01. The Hall–Kier alpha value is -2.54. The van der Waals surface area contributed by atoms with E-state index in [4.69, 9.17) is 14.2 Å². The molecule has 2 aliphatic heterocycles. The van der Waals surface area contributed by atoms with Gasteiger partial charge in [0.25, 0.3) is 5.91 Å². The van der Waals surface area contributed by atoms with E-state index in [9.17, 15) is 4.79 Å². The predicted molar refractivity (Wildman–Crippen MR) is 90.0 cm³/mol. The van der Waals surface area contributed by atoms with Crippen molar-refractivity contribution in [2.75, 3.05) is 33.5 Å². The van der Waals surface area contributed by atoms with E-state index in [1.807, 2.05) is 30.3 Å². The van der Waals surface area contributed by atoms with E-state index < -0.39 is 0 Å². The zero-order valence-corrected chi connectivity index (χ0v) is 14.4. The molecule has 4 rings (SSSR count). The highest BCUT2D eigenvalue weighted by molar-refractivity contribution is 5.98. The maximum Gasteiger partial charge on any atom is 0.258 e. The van der Waals surface area contributed by atoms with Crippen LogP contribution in [-0.4, -0.2) is 54.1 Å². The molecule has 3 heterocycles.